The number of H-pyrrole nitrogens is 1. The molecule has 80 valence electrons. The van der Waals surface area contributed by atoms with Gasteiger partial charge in [0.2, 0.25) is 5.91 Å². The highest BCUT2D eigenvalue weighted by molar-refractivity contribution is 7.07. The number of nitrogens with zero attached hydrogens (tertiary/aromatic N) is 1. The van der Waals surface area contributed by atoms with Crippen LogP contribution in [-0.2, 0) is 11.3 Å². The molecule has 1 aromatic rings. The molecule has 6 nitrogen and oxygen atoms in total. The van der Waals surface area contributed by atoms with Crippen LogP contribution in [0.2, 0.25) is 0 Å². The van der Waals surface area contributed by atoms with Gasteiger partial charge in [0.25, 0.3) is 0 Å². The number of rotatable bonds is 5. The Morgan fingerprint density at radius 1 is 1.67 bits per heavy atom. The van der Waals surface area contributed by atoms with E-state index in [4.69, 9.17) is 5.26 Å². The summed E-state index contributed by atoms with van der Waals surface area (Å²) in [5, 5.41) is 15.1. The lowest BCUT2D eigenvalue weighted by molar-refractivity contribution is -0.120. The molecule has 3 N–H and O–H groups in total. The molecule has 0 aliphatic heterocycles. The average molecular weight is 226 g/mol. The fraction of sp³-hybridized carbons (Fsp3) is 0.375. The van der Waals surface area contributed by atoms with E-state index >= 15 is 0 Å². The highest BCUT2D eigenvalue weighted by Gasteiger charge is 2.00. The molecule has 0 unspecified atom stereocenters. The van der Waals surface area contributed by atoms with Crippen molar-refractivity contribution in [3.63, 3.8) is 0 Å². The van der Waals surface area contributed by atoms with Gasteiger partial charge in [-0.2, -0.15) is 5.26 Å². The van der Waals surface area contributed by atoms with Crippen LogP contribution in [0.25, 0.3) is 0 Å². The molecule has 0 saturated heterocycles. The van der Waals surface area contributed by atoms with Crippen LogP contribution in [0.5, 0.6) is 0 Å². The normalized spacial score (nSPS) is 9.53. The van der Waals surface area contributed by atoms with Crippen molar-refractivity contribution in [3.8, 4) is 6.07 Å². The Kier molecular flexibility index (Phi) is 4.53. The minimum atomic E-state index is -0.242. The van der Waals surface area contributed by atoms with Crippen LogP contribution in [-0.4, -0.2) is 24.0 Å². The van der Waals surface area contributed by atoms with Gasteiger partial charge in [-0.25, -0.2) is 0 Å². The third kappa shape index (κ3) is 4.39. The highest BCUT2D eigenvalue weighted by Crippen LogP contribution is 1.93. The summed E-state index contributed by atoms with van der Waals surface area (Å²) in [6, 6.07) is 1.80. The number of carbonyl (C=O) groups excluding carboxylic acids is 1. The summed E-state index contributed by atoms with van der Waals surface area (Å²) < 4.78 is 0. The maximum atomic E-state index is 11.0. The van der Waals surface area contributed by atoms with Crippen LogP contribution in [0.3, 0.4) is 0 Å². The van der Waals surface area contributed by atoms with Crippen molar-refractivity contribution in [2.75, 3.05) is 13.1 Å². The molecule has 15 heavy (non-hydrogen) atoms. The van der Waals surface area contributed by atoms with Gasteiger partial charge in [0.15, 0.2) is 0 Å². The first-order valence-corrected chi connectivity index (χ1v) is 5.11. The number of aromatic amines is 1. The maximum Gasteiger partial charge on any atom is 0.304 e. The molecule has 0 atom stereocenters. The number of thiazole rings is 1. The lowest BCUT2D eigenvalue weighted by atomic mass is 10.4. The Bertz CT molecular complexity index is 417. The standard InChI is InChI=1S/C8H10N4O2S/c9-1-2-11-7(13)4-10-3-6-5-15-8(14)12-6/h5,10H,2-4H2,(H,11,13)(H,12,14). The van der Waals surface area contributed by atoms with Crippen molar-refractivity contribution < 1.29 is 4.79 Å². The Balaban J connectivity index is 2.19. The van der Waals surface area contributed by atoms with Crippen molar-refractivity contribution in [2.45, 2.75) is 6.54 Å². The molecular formula is C8H10N4O2S. The van der Waals surface area contributed by atoms with Crippen molar-refractivity contribution in [1.82, 2.24) is 15.6 Å². The molecule has 0 aliphatic carbocycles. The minimum absolute atomic E-state index is 0.00972. The fourth-order valence-corrected chi connectivity index (χ4v) is 1.49. The molecule has 1 rings (SSSR count). The van der Waals surface area contributed by atoms with Crippen molar-refractivity contribution in [1.29, 1.82) is 5.26 Å². The number of nitriles is 1. The summed E-state index contributed by atoms with van der Waals surface area (Å²) in [6.45, 7) is 0.564. The number of carbonyl (C=O) groups is 1. The smallest absolute Gasteiger partial charge is 0.304 e. The summed E-state index contributed by atoms with van der Waals surface area (Å²) in [4.78, 5) is 24.3. The molecule has 7 heteroatoms. The van der Waals surface area contributed by atoms with E-state index in [0.717, 1.165) is 17.0 Å². The van der Waals surface area contributed by atoms with Crippen LogP contribution < -0.4 is 15.5 Å². The third-order valence-electron chi connectivity index (χ3n) is 1.54. The lowest BCUT2D eigenvalue weighted by Gasteiger charge is -2.02. The van der Waals surface area contributed by atoms with E-state index < -0.39 is 0 Å². The molecule has 1 amide bonds. The zero-order valence-corrected chi connectivity index (χ0v) is 8.69. The molecule has 1 heterocycles. The molecular weight excluding hydrogens is 216 g/mol. The lowest BCUT2D eigenvalue weighted by Crippen LogP contribution is -2.33. The second-order valence-electron chi connectivity index (χ2n) is 2.71. The van der Waals surface area contributed by atoms with E-state index in [1.54, 1.807) is 11.4 Å². The first kappa shape index (κ1) is 11.4. The third-order valence-corrected chi connectivity index (χ3v) is 2.25. The van der Waals surface area contributed by atoms with E-state index in [1.807, 2.05) is 0 Å². The number of hydrogen-bond donors (Lipinski definition) is 3. The molecule has 0 saturated carbocycles. The van der Waals surface area contributed by atoms with Gasteiger partial charge >= 0.3 is 4.87 Å². The van der Waals surface area contributed by atoms with Crippen molar-refractivity contribution >= 4 is 17.2 Å². The number of aromatic nitrogens is 1. The van der Waals surface area contributed by atoms with Gasteiger partial charge in [0, 0.05) is 17.6 Å². The predicted octanol–water partition coefficient (Wildman–Crippen LogP) is -0.834. The zero-order chi connectivity index (χ0) is 11.1. The molecule has 1 aromatic heterocycles. The largest absolute Gasteiger partial charge is 0.342 e. The van der Waals surface area contributed by atoms with Crippen LogP contribution in [0, 0.1) is 11.3 Å². The van der Waals surface area contributed by atoms with Gasteiger partial charge in [0.1, 0.15) is 6.54 Å². The van der Waals surface area contributed by atoms with Gasteiger partial charge in [-0.1, -0.05) is 11.3 Å². The number of amides is 1. The van der Waals surface area contributed by atoms with E-state index in [-0.39, 0.29) is 23.9 Å². The molecule has 0 aromatic carbocycles. The van der Waals surface area contributed by atoms with Crippen molar-refractivity contribution in [2.24, 2.45) is 0 Å². The van der Waals surface area contributed by atoms with E-state index in [9.17, 15) is 9.59 Å². The number of hydrogen-bond acceptors (Lipinski definition) is 5. The summed E-state index contributed by atoms with van der Waals surface area (Å²) in [7, 11) is 0. The summed E-state index contributed by atoms with van der Waals surface area (Å²) in [5.74, 6) is -0.242. The second-order valence-corrected chi connectivity index (χ2v) is 3.55. The monoisotopic (exact) mass is 226 g/mol. The van der Waals surface area contributed by atoms with E-state index in [0.29, 0.717) is 6.54 Å². The van der Waals surface area contributed by atoms with Gasteiger partial charge in [-0.15, -0.1) is 0 Å². The molecule has 0 aliphatic rings. The zero-order valence-electron chi connectivity index (χ0n) is 7.87. The Morgan fingerprint density at radius 2 is 2.47 bits per heavy atom. The van der Waals surface area contributed by atoms with Gasteiger partial charge in [0.05, 0.1) is 12.6 Å². The summed E-state index contributed by atoms with van der Waals surface area (Å²) in [6.07, 6.45) is 0. The Hall–Kier alpha value is -1.65. The Morgan fingerprint density at radius 3 is 3.07 bits per heavy atom. The molecule has 0 fully saturated rings. The Labute approximate surface area is 89.9 Å². The highest BCUT2D eigenvalue weighted by atomic mass is 32.1. The van der Waals surface area contributed by atoms with Crippen molar-refractivity contribution in [3.05, 3.63) is 20.7 Å². The van der Waals surface area contributed by atoms with Gasteiger partial charge < -0.3 is 15.6 Å². The maximum absolute atomic E-state index is 11.0. The van der Waals surface area contributed by atoms with Crippen LogP contribution in [0.1, 0.15) is 5.69 Å². The number of nitrogens with one attached hydrogen (secondary N) is 3. The second kappa shape index (κ2) is 5.95. The SMILES string of the molecule is N#CCNC(=O)CNCc1csc(=O)[nH]1. The van der Waals surface area contributed by atoms with E-state index in [2.05, 4.69) is 15.6 Å². The fourth-order valence-electron chi connectivity index (χ4n) is 0.912. The topological polar surface area (TPSA) is 97.8 Å². The quantitative estimate of drug-likeness (QED) is 0.570. The summed E-state index contributed by atoms with van der Waals surface area (Å²) in [5.41, 5.74) is 0.748. The van der Waals surface area contributed by atoms with Crippen LogP contribution in [0.4, 0.5) is 0 Å². The van der Waals surface area contributed by atoms with Gasteiger partial charge in [-0.3, -0.25) is 9.59 Å². The molecule has 0 radical (unpaired) electrons. The molecule has 0 spiro atoms. The predicted molar refractivity (Wildman–Crippen MR) is 55.3 cm³/mol. The van der Waals surface area contributed by atoms with Crippen LogP contribution in [0.15, 0.2) is 10.2 Å². The molecule has 0 bridgehead atoms. The minimum Gasteiger partial charge on any atom is -0.342 e. The van der Waals surface area contributed by atoms with Gasteiger partial charge in [-0.05, 0) is 0 Å². The first-order valence-electron chi connectivity index (χ1n) is 4.23. The average Bonchev–Trinajstić information content (AvgIpc) is 2.61. The summed E-state index contributed by atoms with van der Waals surface area (Å²) >= 11 is 1.08. The van der Waals surface area contributed by atoms with Crippen LogP contribution >= 0.6 is 11.3 Å². The first-order chi connectivity index (χ1) is 7.22. The van der Waals surface area contributed by atoms with E-state index in [1.165, 1.54) is 0 Å².